The van der Waals surface area contributed by atoms with E-state index in [4.69, 9.17) is 11.6 Å². The van der Waals surface area contributed by atoms with Gasteiger partial charge < -0.3 is 5.32 Å². The molecule has 0 aromatic heterocycles. The standard InChI is InChI=1S/C14H11ClF2N2O2/c1-8(9-2-4-12(16)11(15)6-9)18-10-3-5-14(19(20)21)13(17)7-10/h2-8,18H,1H3. The van der Waals surface area contributed by atoms with Gasteiger partial charge in [0.25, 0.3) is 0 Å². The van der Waals surface area contributed by atoms with Gasteiger partial charge in [-0.1, -0.05) is 17.7 Å². The van der Waals surface area contributed by atoms with Gasteiger partial charge in [0.15, 0.2) is 0 Å². The molecule has 1 N–H and O–H groups in total. The van der Waals surface area contributed by atoms with E-state index in [2.05, 4.69) is 5.32 Å². The highest BCUT2D eigenvalue weighted by Gasteiger charge is 2.15. The fourth-order valence-corrected chi connectivity index (χ4v) is 2.05. The van der Waals surface area contributed by atoms with Crippen LogP contribution >= 0.6 is 11.6 Å². The second-order valence-electron chi connectivity index (χ2n) is 4.46. The van der Waals surface area contributed by atoms with Crippen LogP contribution in [0.4, 0.5) is 20.2 Å². The predicted molar refractivity (Wildman–Crippen MR) is 76.5 cm³/mol. The van der Waals surface area contributed by atoms with Gasteiger partial charge in [-0.25, -0.2) is 4.39 Å². The number of nitro benzene ring substituents is 1. The van der Waals surface area contributed by atoms with Gasteiger partial charge >= 0.3 is 5.69 Å². The van der Waals surface area contributed by atoms with Crippen molar-refractivity contribution < 1.29 is 13.7 Å². The molecule has 7 heteroatoms. The molecule has 110 valence electrons. The van der Waals surface area contributed by atoms with Gasteiger partial charge in [0.05, 0.1) is 9.95 Å². The van der Waals surface area contributed by atoms with Crippen molar-refractivity contribution in [2.45, 2.75) is 13.0 Å². The fourth-order valence-electron chi connectivity index (χ4n) is 1.86. The van der Waals surface area contributed by atoms with Crippen LogP contribution in [0.2, 0.25) is 5.02 Å². The maximum atomic E-state index is 13.5. The first-order valence-electron chi connectivity index (χ1n) is 6.04. The van der Waals surface area contributed by atoms with Crippen molar-refractivity contribution in [3.8, 4) is 0 Å². The van der Waals surface area contributed by atoms with E-state index in [1.54, 1.807) is 13.0 Å². The number of halogens is 3. The van der Waals surface area contributed by atoms with E-state index >= 15 is 0 Å². The topological polar surface area (TPSA) is 55.2 Å². The number of benzene rings is 2. The third-order valence-corrected chi connectivity index (χ3v) is 3.26. The Labute approximate surface area is 124 Å². The minimum absolute atomic E-state index is 0.00368. The summed E-state index contributed by atoms with van der Waals surface area (Å²) in [6.45, 7) is 1.78. The Morgan fingerprint density at radius 3 is 2.48 bits per heavy atom. The average Bonchev–Trinajstić information content (AvgIpc) is 2.41. The minimum Gasteiger partial charge on any atom is -0.378 e. The highest BCUT2D eigenvalue weighted by Crippen LogP contribution is 2.26. The monoisotopic (exact) mass is 312 g/mol. The first kappa shape index (κ1) is 15.2. The Hall–Kier alpha value is -2.21. The number of nitrogens with zero attached hydrogens (tertiary/aromatic N) is 1. The summed E-state index contributed by atoms with van der Waals surface area (Å²) in [4.78, 5) is 9.75. The van der Waals surface area contributed by atoms with Crippen LogP contribution in [0.15, 0.2) is 36.4 Å². The fraction of sp³-hybridized carbons (Fsp3) is 0.143. The largest absolute Gasteiger partial charge is 0.378 e. The lowest BCUT2D eigenvalue weighted by Crippen LogP contribution is -2.07. The van der Waals surface area contributed by atoms with E-state index in [0.29, 0.717) is 11.3 Å². The predicted octanol–water partition coefficient (Wildman–Crippen LogP) is 4.70. The van der Waals surface area contributed by atoms with Gasteiger partial charge in [0.1, 0.15) is 5.82 Å². The molecule has 0 heterocycles. The number of anilines is 1. The Kier molecular flexibility index (Phi) is 4.37. The van der Waals surface area contributed by atoms with Gasteiger partial charge in [-0.15, -0.1) is 0 Å². The molecule has 0 aliphatic heterocycles. The van der Waals surface area contributed by atoms with E-state index in [0.717, 1.165) is 12.1 Å². The molecule has 0 bridgehead atoms. The average molecular weight is 313 g/mol. The Bertz CT molecular complexity index is 695. The van der Waals surface area contributed by atoms with Crippen molar-refractivity contribution in [1.82, 2.24) is 0 Å². The summed E-state index contributed by atoms with van der Waals surface area (Å²) in [5.41, 5.74) is 0.504. The minimum atomic E-state index is -0.922. The van der Waals surface area contributed by atoms with Crippen LogP contribution in [0.25, 0.3) is 0 Å². The van der Waals surface area contributed by atoms with E-state index in [1.807, 2.05) is 0 Å². The summed E-state index contributed by atoms with van der Waals surface area (Å²) in [5.74, 6) is -1.44. The molecule has 2 rings (SSSR count). The van der Waals surface area contributed by atoms with Crippen molar-refractivity contribution in [1.29, 1.82) is 0 Å². The van der Waals surface area contributed by atoms with Crippen molar-refractivity contribution in [2.24, 2.45) is 0 Å². The van der Waals surface area contributed by atoms with E-state index < -0.39 is 22.2 Å². The molecule has 1 unspecified atom stereocenters. The molecule has 0 saturated heterocycles. The molecular formula is C14H11ClF2N2O2. The number of rotatable bonds is 4. The van der Waals surface area contributed by atoms with Crippen LogP contribution in [0, 0.1) is 21.7 Å². The SMILES string of the molecule is CC(Nc1ccc([N+](=O)[O-])c(F)c1)c1ccc(F)c(Cl)c1. The number of hydrogen-bond acceptors (Lipinski definition) is 3. The quantitative estimate of drug-likeness (QED) is 0.657. The van der Waals surface area contributed by atoms with Crippen LogP contribution in [-0.2, 0) is 0 Å². The van der Waals surface area contributed by atoms with Crippen LogP contribution < -0.4 is 5.32 Å². The Balaban J connectivity index is 2.19. The zero-order chi connectivity index (χ0) is 15.6. The van der Waals surface area contributed by atoms with Gasteiger partial charge in [-0.2, -0.15) is 4.39 Å². The van der Waals surface area contributed by atoms with Crippen LogP contribution in [0.5, 0.6) is 0 Å². The Morgan fingerprint density at radius 1 is 1.19 bits per heavy atom. The summed E-state index contributed by atoms with van der Waals surface area (Å²) in [7, 11) is 0. The summed E-state index contributed by atoms with van der Waals surface area (Å²) < 4.78 is 26.6. The number of hydrogen-bond donors (Lipinski definition) is 1. The zero-order valence-corrected chi connectivity index (χ0v) is 11.7. The summed E-state index contributed by atoms with van der Waals surface area (Å²) in [5, 5.41) is 13.5. The van der Waals surface area contributed by atoms with Crippen LogP contribution in [0.3, 0.4) is 0 Å². The lowest BCUT2D eigenvalue weighted by atomic mass is 10.1. The molecule has 0 radical (unpaired) electrons. The third kappa shape index (κ3) is 3.46. The molecule has 1 atom stereocenters. The van der Waals surface area contributed by atoms with Crippen molar-refractivity contribution in [3.05, 3.63) is 68.7 Å². The maximum Gasteiger partial charge on any atom is 0.304 e. The van der Waals surface area contributed by atoms with Gasteiger partial charge in [0.2, 0.25) is 5.82 Å². The first-order chi connectivity index (χ1) is 9.88. The molecule has 0 saturated carbocycles. The third-order valence-electron chi connectivity index (χ3n) is 2.97. The van der Waals surface area contributed by atoms with Crippen molar-refractivity contribution in [2.75, 3.05) is 5.32 Å². The first-order valence-corrected chi connectivity index (χ1v) is 6.41. The lowest BCUT2D eigenvalue weighted by molar-refractivity contribution is -0.387. The second kappa shape index (κ2) is 6.05. The highest BCUT2D eigenvalue weighted by molar-refractivity contribution is 6.30. The van der Waals surface area contributed by atoms with Crippen LogP contribution in [0.1, 0.15) is 18.5 Å². The Morgan fingerprint density at radius 2 is 1.90 bits per heavy atom. The molecule has 0 aliphatic rings. The molecule has 2 aromatic carbocycles. The highest BCUT2D eigenvalue weighted by atomic mass is 35.5. The van der Waals surface area contributed by atoms with E-state index in [-0.39, 0.29) is 11.1 Å². The van der Waals surface area contributed by atoms with Crippen molar-refractivity contribution >= 4 is 23.0 Å². The van der Waals surface area contributed by atoms with Gasteiger partial charge in [-0.05, 0) is 30.7 Å². The summed E-state index contributed by atoms with van der Waals surface area (Å²) in [6, 6.07) is 7.53. The number of nitrogens with one attached hydrogen (secondary N) is 1. The molecule has 21 heavy (non-hydrogen) atoms. The second-order valence-corrected chi connectivity index (χ2v) is 4.87. The molecular weight excluding hydrogens is 302 g/mol. The smallest absolute Gasteiger partial charge is 0.304 e. The van der Waals surface area contributed by atoms with Gasteiger partial charge in [0, 0.05) is 23.9 Å². The molecule has 2 aromatic rings. The zero-order valence-electron chi connectivity index (χ0n) is 10.9. The molecule has 0 aliphatic carbocycles. The van der Waals surface area contributed by atoms with E-state index in [1.165, 1.54) is 18.2 Å². The summed E-state index contributed by atoms with van der Waals surface area (Å²) in [6.07, 6.45) is 0. The van der Waals surface area contributed by atoms with Gasteiger partial charge in [-0.3, -0.25) is 10.1 Å². The molecule has 0 amide bonds. The van der Waals surface area contributed by atoms with Crippen LogP contribution in [-0.4, -0.2) is 4.92 Å². The van der Waals surface area contributed by atoms with Crippen molar-refractivity contribution in [3.63, 3.8) is 0 Å². The molecule has 0 spiro atoms. The number of nitro groups is 1. The maximum absolute atomic E-state index is 13.5. The summed E-state index contributed by atoms with van der Waals surface area (Å²) >= 11 is 5.70. The normalized spacial score (nSPS) is 12.0. The lowest BCUT2D eigenvalue weighted by Gasteiger charge is -2.16. The molecule has 0 fully saturated rings. The molecule has 4 nitrogen and oxygen atoms in total. The van der Waals surface area contributed by atoms with E-state index in [9.17, 15) is 18.9 Å².